The monoisotopic (exact) mass is 312 g/mol. The molecule has 0 spiro atoms. The Morgan fingerprint density at radius 1 is 1.17 bits per heavy atom. The molecule has 1 aliphatic heterocycles. The standard InChI is InChI=1S/C18H24N4O/c1-13(2)20-17-11-16(19-12-15-9-6-10-23-15)21-18(22-17)14-7-4-3-5-8-14/h3-5,7-8,11,13,15H,6,9-10,12H2,1-2H3,(H2,19,20,21,22). The first kappa shape index (κ1) is 15.7. The van der Waals surface area contributed by atoms with Gasteiger partial charge in [0.1, 0.15) is 11.6 Å². The molecule has 0 amide bonds. The zero-order valence-corrected chi connectivity index (χ0v) is 13.7. The Morgan fingerprint density at radius 2 is 1.96 bits per heavy atom. The summed E-state index contributed by atoms with van der Waals surface area (Å²) in [5.41, 5.74) is 1.01. The van der Waals surface area contributed by atoms with Crippen molar-refractivity contribution in [2.24, 2.45) is 0 Å². The molecule has 1 unspecified atom stereocenters. The second-order valence-corrected chi connectivity index (χ2v) is 6.14. The lowest BCUT2D eigenvalue weighted by Gasteiger charge is -2.15. The van der Waals surface area contributed by atoms with E-state index in [0.29, 0.717) is 6.04 Å². The van der Waals surface area contributed by atoms with Crippen LogP contribution < -0.4 is 10.6 Å². The van der Waals surface area contributed by atoms with Gasteiger partial charge >= 0.3 is 0 Å². The van der Waals surface area contributed by atoms with E-state index in [1.165, 1.54) is 0 Å². The van der Waals surface area contributed by atoms with Crippen molar-refractivity contribution in [3.63, 3.8) is 0 Å². The van der Waals surface area contributed by atoms with E-state index in [-0.39, 0.29) is 6.10 Å². The van der Waals surface area contributed by atoms with Crippen molar-refractivity contribution in [3.8, 4) is 11.4 Å². The van der Waals surface area contributed by atoms with Crippen LogP contribution in [0.4, 0.5) is 11.6 Å². The number of nitrogens with zero attached hydrogens (tertiary/aromatic N) is 2. The minimum absolute atomic E-state index is 0.284. The molecule has 0 aliphatic carbocycles. The third kappa shape index (κ3) is 4.42. The Hall–Kier alpha value is -2.14. The molecule has 1 atom stereocenters. The molecule has 2 N–H and O–H groups in total. The van der Waals surface area contributed by atoms with Crippen molar-refractivity contribution in [1.82, 2.24) is 9.97 Å². The lowest BCUT2D eigenvalue weighted by Crippen LogP contribution is -2.19. The van der Waals surface area contributed by atoms with Crippen LogP contribution in [-0.4, -0.2) is 35.3 Å². The molecule has 5 nitrogen and oxygen atoms in total. The van der Waals surface area contributed by atoms with Gasteiger partial charge in [0.05, 0.1) is 6.10 Å². The highest BCUT2D eigenvalue weighted by Crippen LogP contribution is 2.21. The van der Waals surface area contributed by atoms with E-state index < -0.39 is 0 Å². The second kappa shape index (κ2) is 7.42. The van der Waals surface area contributed by atoms with E-state index in [1.54, 1.807) is 0 Å². The van der Waals surface area contributed by atoms with E-state index in [0.717, 1.165) is 49.0 Å². The number of aromatic nitrogens is 2. The maximum Gasteiger partial charge on any atom is 0.163 e. The molecule has 1 aromatic heterocycles. The van der Waals surface area contributed by atoms with Crippen LogP contribution in [0.1, 0.15) is 26.7 Å². The molecule has 5 heteroatoms. The SMILES string of the molecule is CC(C)Nc1cc(NCC2CCCO2)nc(-c2ccccc2)n1. The number of hydrogen-bond donors (Lipinski definition) is 2. The molecule has 23 heavy (non-hydrogen) atoms. The van der Waals surface area contributed by atoms with Crippen molar-refractivity contribution >= 4 is 11.6 Å². The highest BCUT2D eigenvalue weighted by atomic mass is 16.5. The van der Waals surface area contributed by atoms with Gasteiger partial charge in [-0.2, -0.15) is 0 Å². The van der Waals surface area contributed by atoms with Gasteiger partial charge in [0.15, 0.2) is 5.82 Å². The normalized spacial score (nSPS) is 17.4. The fourth-order valence-corrected chi connectivity index (χ4v) is 2.65. The Kier molecular flexibility index (Phi) is 5.08. The molecule has 1 aromatic carbocycles. The Labute approximate surface area is 137 Å². The molecule has 2 heterocycles. The summed E-state index contributed by atoms with van der Waals surface area (Å²) in [6.07, 6.45) is 2.54. The highest BCUT2D eigenvalue weighted by molar-refractivity contribution is 5.61. The summed E-state index contributed by atoms with van der Waals surface area (Å²) in [6, 6.07) is 12.3. The van der Waals surface area contributed by atoms with Crippen molar-refractivity contribution in [2.45, 2.75) is 38.8 Å². The van der Waals surface area contributed by atoms with E-state index in [2.05, 4.69) is 34.4 Å². The van der Waals surface area contributed by atoms with Gasteiger partial charge in [-0.25, -0.2) is 9.97 Å². The van der Waals surface area contributed by atoms with Crippen LogP contribution in [0, 0.1) is 0 Å². The summed E-state index contributed by atoms with van der Waals surface area (Å²) in [5.74, 6) is 2.40. The van der Waals surface area contributed by atoms with Crippen molar-refractivity contribution in [3.05, 3.63) is 36.4 Å². The summed E-state index contributed by atoms with van der Waals surface area (Å²) in [4.78, 5) is 9.28. The number of ether oxygens (including phenoxy) is 1. The summed E-state index contributed by atoms with van der Waals surface area (Å²) < 4.78 is 5.66. The molecule has 2 aromatic rings. The highest BCUT2D eigenvalue weighted by Gasteiger charge is 2.16. The number of benzene rings is 1. The summed E-state index contributed by atoms with van der Waals surface area (Å²) >= 11 is 0. The number of anilines is 2. The average Bonchev–Trinajstić information content (AvgIpc) is 3.06. The average molecular weight is 312 g/mol. The van der Waals surface area contributed by atoms with Crippen LogP contribution in [0.25, 0.3) is 11.4 Å². The maximum absolute atomic E-state index is 5.66. The van der Waals surface area contributed by atoms with Crippen LogP contribution in [-0.2, 0) is 4.74 Å². The Bertz CT molecular complexity index is 624. The van der Waals surface area contributed by atoms with E-state index in [9.17, 15) is 0 Å². The molecule has 3 rings (SSSR count). The first-order chi connectivity index (χ1) is 11.2. The van der Waals surface area contributed by atoms with Crippen molar-refractivity contribution in [1.29, 1.82) is 0 Å². The van der Waals surface area contributed by atoms with Crippen LogP contribution in [0.2, 0.25) is 0 Å². The fourth-order valence-electron chi connectivity index (χ4n) is 2.65. The summed E-state index contributed by atoms with van der Waals surface area (Å²) in [7, 11) is 0. The fraction of sp³-hybridized carbons (Fsp3) is 0.444. The topological polar surface area (TPSA) is 59.1 Å². The Morgan fingerprint density at radius 3 is 2.65 bits per heavy atom. The van der Waals surface area contributed by atoms with E-state index >= 15 is 0 Å². The smallest absolute Gasteiger partial charge is 0.163 e. The third-order valence-electron chi connectivity index (χ3n) is 3.73. The van der Waals surface area contributed by atoms with E-state index in [1.807, 2.05) is 36.4 Å². The summed E-state index contributed by atoms with van der Waals surface area (Å²) in [6.45, 7) is 5.85. The predicted molar refractivity (Wildman–Crippen MR) is 93.7 cm³/mol. The minimum atomic E-state index is 0.284. The molecular weight excluding hydrogens is 288 g/mol. The van der Waals surface area contributed by atoms with Gasteiger partial charge in [-0.15, -0.1) is 0 Å². The van der Waals surface area contributed by atoms with Crippen molar-refractivity contribution in [2.75, 3.05) is 23.8 Å². The number of hydrogen-bond acceptors (Lipinski definition) is 5. The molecule has 1 fully saturated rings. The lowest BCUT2D eigenvalue weighted by molar-refractivity contribution is 0.120. The van der Waals surface area contributed by atoms with Gasteiger partial charge in [-0.1, -0.05) is 30.3 Å². The van der Waals surface area contributed by atoms with Gasteiger partial charge < -0.3 is 15.4 Å². The third-order valence-corrected chi connectivity index (χ3v) is 3.73. The molecule has 1 aliphatic rings. The first-order valence-corrected chi connectivity index (χ1v) is 8.27. The van der Waals surface area contributed by atoms with Crippen LogP contribution in [0.15, 0.2) is 36.4 Å². The maximum atomic E-state index is 5.66. The van der Waals surface area contributed by atoms with Gasteiger partial charge in [-0.05, 0) is 26.7 Å². The predicted octanol–water partition coefficient (Wildman–Crippen LogP) is 3.55. The quantitative estimate of drug-likeness (QED) is 0.854. The lowest BCUT2D eigenvalue weighted by atomic mass is 10.2. The number of nitrogens with one attached hydrogen (secondary N) is 2. The molecule has 0 bridgehead atoms. The minimum Gasteiger partial charge on any atom is -0.376 e. The molecule has 0 saturated carbocycles. The van der Waals surface area contributed by atoms with Gasteiger partial charge in [0.2, 0.25) is 0 Å². The van der Waals surface area contributed by atoms with Crippen LogP contribution >= 0.6 is 0 Å². The van der Waals surface area contributed by atoms with Gasteiger partial charge in [-0.3, -0.25) is 0 Å². The summed E-state index contributed by atoms with van der Waals surface area (Å²) in [5, 5.41) is 6.76. The van der Waals surface area contributed by atoms with Crippen LogP contribution in [0.5, 0.6) is 0 Å². The van der Waals surface area contributed by atoms with E-state index in [4.69, 9.17) is 4.74 Å². The zero-order chi connectivity index (χ0) is 16.1. The second-order valence-electron chi connectivity index (χ2n) is 6.14. The molecule has 1 saturated heterocycles. The zero-order valence-electron chi connectivity index (χ0n) is 13.7. The molecular formula is C18H24N4O. The first-order valence-electron chi connectivity index (χ1n) is 8.27. The van der Waals surface area contributed by atoms with Crippen LogP contribution in [0.3, 0.4) is 0 Å². The largest absolute Gasteiger partial charge is 0.376 e. The molecule has 122 valence electrons. The Balaban J connectivity index is 1.81. The van der Waals surface area contributed by atoms with Gasteiger partial charge in [0, 0.05) is 30.8 Å². The van der Waals surface area contributed by atoms with Crippen molar-refractivity contribution < 1.29 is 4.74 Å². The number of rotatable bonds is 6. The van der Waals surface area contributed by atoms with Gasteiger partial charge in [0.25, 0.3) is 0 Å². The molecule has 0 radical (unpaired) electrons.